The molecule has 24 heavy (non-hydrogen) atoms. The molecular formula is C16H12F3N3O2. The van der Waals surface area contributed by atoms with Crippen molar-refractivity contribution < 1.29 is 22.7 Å². The number of H-pyrrole nitrogens is 1. The van der Waals surface area contributed by atoms with Gasteiger partial charge in [0.05, 0.1) is 0 Å². The molecule has 0 saturated carbocycles. The third-order valence-electron chi connectivity index (χ3n) is 3.44. The second kappa shape index (κ2) is 5.89. The Morgan fingerprint density at radius 2 is 1.75 bits per heavy atom. The first-order valence-corrected chi connectivity index (χ1v) is 6.87. The summed E-state index contributed by atoms with van der Waals surface area (Å²) in [5.41, 5.74) is 4.09. The molecule has 0 unspecified atom stereocenters. The summed E-state index contributed by atoms with van der Waals surface area (Å²) in [6, 6.07) is 12.5. The Hall–Kier alpha value is -3.00. The Bertz CT molecular complexity index is 886. The normalized spacial score (nSPS) is 11.5. The quantitative estimate of drug-likeness (QED) is 0.390. The molecule has 8 heteroatoms. The summed E-state index contributed by atoms with van der Waals surface area (Å²) < 4.78 is 40.6. The van der Waals surface area contributed by atoms with Crippen molar-refractivity contribution in [3.05, 3.63) is 54.2 Å². The maximum absolute atomic E-state index is 12.2. The zero-order valence-corrected chi connectivity index (χ0v) is 12.1. The summed E-state index contributed by atoms with van der Waals surface area (Å²) in [5, 5.41) is 0.751. The van der Waals surface area contributed by atoms with Crippen molar-refractivity contribution in [2.24, 2.45) is 5.84 Å². The Balaban J connectivity index is 2.09. The van der Waals surface area contributed by atoms with E-state index in [9.17, 15) is 18.0 Å². The van der Waals surface area contributed by atoms with E-state index in [1.54, 1.807) is 24.3 Å². The highest BCUT2D eigenvalue weighted by Crippen LogP contribution is 2.34. The minimum Gasteiger partial charge on any atom is -0.406 e. The number of benzene rings is 2. The Kier molecular flexibility index (Phi) is 3.90. The molecule has 2 aromatic carbocycles. The number of carbonyl (C=O) groups excluding carboxylic acids is 1. The molecule has 0 aliphatic heterocycles. The first-order valence-electron chi connectivity index (χ1n) is 6.87. The number of hydrogen-bond acceptors (Lipinski definition) is 3. The molecule has 0 spiro atoms. The van der Waals surface area contributed by atoms with Gasteiger partial charge in [-0.2, -0.15) is 0 Å². The van der Waals surface area contributed by atoms with Crippen LogP contribution in [0.2, 0.25) is 0 Å². The van der Waals surface area contributed by atoms with Crippen molar-refractivity contribution in [2.75, 3.05) is 0 Å². The van der Waals surface area contributed by atoms with E-state index in [2.05, 4.69) is 15.1 Å². The fourth-order valence-electron chi connectivity index (χ4n) is 2.51. The van der Waals surface area contributed by atoms with Gasteiger partial charge in [0.25, 0.3) is 5.91 Å². The predicted molar refractivity (Wildman–Crippen MR) is 82.1 cm³/mol. The second-order valence-electron chi connectivity index (χ2n) is 4.97. The number of ether oxygens (including phenoxy) is 1. The first kappa shape index (κ1) is 15.9. The lowest BCUT2D eigenvalue weighted by molar-refractivity contribution is -0.274. The predicted octanol–water partition coefficient (Wildman–Crippen LogP) is 3.34. The standard InChI is InChI=1S/C16H12F3N3O2/c17-16(18,19)24-10-7-5-9(6-8-10)13-11-3-1-2-4-12(11)21-14(13)15(23)22-20/h1-8,21H,20H2,(H,22,23). The van der Waals surface area contributed by atoms with Crippen LogP contribution >= 0.6 is 0 Å². The zero-order chi connectivity index (χ0) is 17.3. The maximum atomic E-state index is 12.2. The minimum absolute atomic E-state index is 0.225. The summed E-state index contributed by atoms with van der Waals surface area (Å²) in [4.78, 5) is 15.0. The fourth-order valence-corrected chi connectivity index (χ4v) is 2.51. The van der Waals surface area contributed by atoms with Crippen molar-refractivity contribution in [1.82, 2.24) is 10.4 Å². The molecule has 0 aliphatic rings. The van der Waals surface area contributed by atoms with Crippen LogP contribution in [0.15, 0.2) is 48.5 Å². The summed E-state index contributed by atoms with van der Waals surface area (Å²) in [7, 11) is 0. The average molecular weight is 335 g/mol. The van der Waals surface area contributed by atoms with Crippen LogP contribution in [0.1, 0.15) is 10.5 Å². The van der Waals surface area contributed by atoms with Crippen LogP contribution in [-0.2, 0) is 0 Å². The van der Waals surface area contributed by atoms with Gasteiger partial charge in [0, 0.05) is 16.5 Å². The van der Waals surface area contributed by atoms with Gasteiger partial charge in [-0.3, -0.25) is 10.2 Å². The van der Waals surface area contributed by atoms with Gasteiger partial charge in [0.15, 0.2) is 0 Å². The largest absolute Gasteiger partial charge is 0.573 e. The Morgan fingerprint density at radius 1 is 1.08 bits per heavy atom. The summed E-state index contributed by atoms with van der Waals surface area (Å²) >= 11 is 0. The second-order valence-corrected chi connectivity index (χ2v) is 4.97. The van der Waals surface area contributed by atoms with Crippen molar-refractivity contribution in [1.29, 1.82) is 0 Å². The molecular weight excluding hydrogens is 323 g/mol. The molecule has 0 radical (unpaired) electrons. The summed E-state index contributed by atoms with van der Waals surface area (Å²) in [6.45, 7) is 0. The first-order chi connectivity index (χ1) is 11.4. The summed E-state index contributed by atoms with van der Waals surface area (Å²) in [6.07, 6.45) is -4.76. The van der Waals surface area contributed by atoms with Gasteiger partial charge >= 0.3 is 6.36 Å². The molecule has 0 aliphatic carbocycles. The number of para-hydroxylation sites is 1. The van der Waals surface area contributed by atoms with E-state index in [4.69, 9.17) is 5.84 Å². The molecule has 3 rings (SSSR count). The number of carbonyl (C=O) groups is 1. The topological polar surface area (TPSA) is 80.1 Å². The number of nitrogen functional groups attached to an aromatic ring is 1. The van der Waals surface area contributed by atoms with Gasteiger partial charge < -0.3 is 9.72 Å². The lowest BCUT2D eigenvalue weighted by atomic mass is 10.0. The highest BCUT2D eigenvalue weighted by Gasteiger charge is 2.31. The molecule has 0 saturated heterocycles. The molecule has 0 fully saturated rings. The van der Waals surface area contributed by atoms with E-state index >= 15 is 0 Å². The Labute approximate surface area is 134 Å². The summed E-state index contributed by atoms with van der Waals surface area (Å²) in [5.74, 6) is 4.33. The van der Waals surface area contributed by atoms with Crippen molar-refractivity contribution in [3.63, 3.8) is 0 Å². The van der Waals surface area contributed by atoms with Crippen molar-refractivity contribution >= 4 is 16.8 Å². The highest BCUT2D eigenvalue weighted by molar-refractivity contribution is 6.09. The van der Waals surface area contributed by atoms with Gasteiger partial charge in [-0.1, -0.05) is 30.3 Å². The van der Waals surface area contributed by atoms with E-state index in [0.29, 0.717) is 16.6 Å². The van der Waals surface area contributed by atoms with Gasteiger partial charge in [-0.15, -0.1) is 13.2 Å². The van der Waals surface area contributed by atoms with Gasteiger partial charge in [0.1, 0.15) is 11.4 Å². The number of fused-ring (bicyclic) bond motifs is 1. The highest BCUT2D eigenvalue weighted by atomic mass is 19.4. The van der Waals surface area contributed by atoms with Crippen LogP contribution in [-0.4, -0.2) is 17.3 Å². The number of nitrogens with two attached hydrogens (primary N) is 1. The van der Waals surface area contributed by atoms with Crippen LogP contribution < -0.4 is 16.0 Å². The van der Waals surface area contributed by atoms with E-state index < -0.39 is 12.3 Å². The monoisotopic (exact) mass is 335 g/mol. The molecule has 4 N–H and O–H groups in total. The average Bonchev–Trinajstić information content (AvgIpc) is 2.93. The SMILES string of the molecule is NNC(=O)c1[nH]c2ccccc2c1-c1ccc(OC(F)(F)F)cc1. The molecule has 3 aromatic rings. The molecule has 124 valence electrons. The van der Waals surface area contributed by atoms with E-state index in [1.165, 1.54) is 24.3 Å². The number of aromatic amines is 1. The zero-order valence-electron chi connectivity index (χ0n) is 12.1. The molecule has 1 heterocycles. The van der Waals surface area contributed by atoms with Crippen molar-refractivity contribution in [3.8, 4) is 16.9 Å². The van der Waals surface area contributed by atoms with Crippen LogP contribution in [0.5, 0.6) is 5.75 Å². The lowest BCUT2D eigenvalue weighted by Gasteiger charge is -2.10. The van der Waals surface area contributed by atoms with E-state index in [0.717, 1.165) is 5.39 Å². The number of rotatable bonds is 3. The van der Waals surface area contributed by atoms with Crippen LogP contribution in [0.4, 0.5) is 13.2 Å². The fraction of sp³-hybridized carbons (Fsp3) is 0.0625. The minimum atomic E-state index is -4.76. The number of alkyl halides is 3. The smallest absolute Gasteiger partial charge is 0.406 e. The van der Waals surface area contributed by atoms with Crippen LogP contribution in [0.25, 0.3) is 22.0 Å². The third-order valence-corrected chi connectivity index (χ3v) is 3.44. The van der Waals surface area contributed by atoms with Crippen LogP contribution in [0, 0.1) is 0 Å². The number of amides is 1. The number of hydrogen-bond donors (Lipinski definition) is 3. The Morgan fingerprint density at radius 3 is 2.38 bits per heavy atom. The molecule has 0 atom stereocenters. The molecule has 1 aromatic heterocycles. The van der Waals surface area contributed by atoms with E-state index in [-0.39, 0.29) is 11.4 Å². The molecule has 0 bridgehead atoms. The van der Waals surface area contributed by atoms with Crippen molar-refractivity contribution in [2.45, 2.75) is 6.36 Å². The third kappa shape index (κ3) is 3.04. The number of aromatic nitrogens is 1. The maximum Gasteiger partial charge on any atom is 0.573 e. The molecule has 5 nitrogen and oxygen atoms in total. The lowest BCUT2D eigenvalue weighted by Crippen LogP contribution is -2.30. The molecule has 1 amide bonds. The van der Waals surface area contributed by atoms with Gasteiger partial charge in [0.2, 0.25) is 0 Å². The number of halogens is 3. The van der Waals surface area contributed by atoms with Gasteiger partial charge in [-0.25, -0.2) is 5.84 Å². The van der Waals surface area contributed by atoms with E-state index in [1.807, 2.05) is 0 Å². The number of nitrogens with one attached hydrogen (secondary N) is 2. The van der Waals surface area contributed by atoms with Gasteiger partial charge in [-0.05, 0) is 23.8 Å². The number of hydrazine groups is 1. The van der Waals surface area contributed by atoms with Crippen LogP contribution in [0.3, 0.4) is 0 Å².